The van der Waals surface area contributed by atoms with Crippen LogP contribution in [0.2, 0.25) is 0 Å². The smallest absolute Gasteiger partial charge is 0.227 e. The molecule has 1 aromatic heterocycles. The lowest BCUT2D eigenvalue weighted by atomic mass is 9.96. The lowest BCUT2D eigenvalue weighted by molar-refractivity contribution is -0.137. The number of aromatic nitrogens is 1. The summed E-state index contributed by atoms with van der Waals surface area (Å²) >= 11 is 0. The Kier molecular flexibility index (Phi) is 5.68. The number of anilines is 1. The molecule has 2 atom stereocenters. The van der Waals surface area contributed by atoms with Crippen LogP contribution in [0.4, 0.5) is 5.82 Å². The molecule has 1 N–H and O–H groups in total. The molecule has 3 rings (SSSR count). The minimum Gasteiger partial charge on any atom is -0.392 e. The normalized spacial score (nSPS) is 24.0. The van der Waals surface area contributed by atoms with Crippen LogP contribution in [0.3, 0.4) is 0 Å². The summed E-state index contributed by atoms with van der Waals surface area (Å²) in [5, 5.41) is 9.49. The van der Waals surface area contributed by atoms with Crippen LogP contribution in [0, 0.1) is 5.92 Å². The van der Waals surface area contributed by atoms with Crippen molar-refractivity contribution in [3.8, 4) is 0 Å². The highest BCUT2D eigenvalue weighted by Crippen LogP contribution is 2.23. The molecule has 0 spiro atoms. The van der Waals surface area contributed by atoms with E-state index in [9.17, 15) is 9.90 Å². The van der Waals surface area contributed by atoms with E-state index < -0.39 is 0 Å². The Bertz CT molecular complexity index is 529. The number of β-amino-alcohol motifs (C(OH)–C–C–N with tert-alkyl or cyclic N) is 1. The number of carbonyl (C=O) groups is 1. The third-order valence-electron chi connectivity index (χ3n) is 4.95. The lowest BCUT2D eigenvalue weighted by Gasteiger charge is -2.39. The van der Waals surface area contributed by atoms with Crippen LogP contribution in [0.15, 0.2) is 24.4 Å². The van der Waals surface area contributed by atoms with Gasteiger partial charge in [0.05, 0.1) is 12.0 Å². The van der Waals surface area contributed by atoms with E-state index in [0.717, 1.165) is 57.9 Å². The molecule has 1 amide bonds. The van der Waals surface area contributed by atoms with Crippen molar-refractivity contribution in [2.75, 3.05) is 50.7 Å². The average Bonchev–Trinajstić information content (AvgIpc) is 2.62. The second-order valence-electron chi connectivity index (χ2n) is 6.95. The maximum absolute atomic E-state index is 12.9. The predicted molar refractivity (Wildman–Crippen MR) is 93.9 cm³/mol. The SMILES string of the molecule is CC(O)CN1CCN(C(=O)C2CCCN(c3ccccn3)C2)CC1. The van der Waals surface area contributed by atoms with Crippen molar-refractivity contribution in [3.63, 3.8) is 0 Å². The summed E-state index contributed by atoms with van der Waals surface area (Å²) in [5.41, 5.74) is 0. The zero-order valence-corrected chi connectivity index (χ0v) is 14.5. The van der Waals surface area contributed by atoms with Gasteiger partial charge in [0.1, 0.15) is 5.82 Å². The first-order valence-corrected chi connectivity index (χ1v) is 8.98. The van der Waals surface area contributed by atoms with Crippen LogP contribution < -0.4 is 4.90 Å². The highest BCUT2D eigenvalue weighted by Gasteiger charge is 2.31. The van der Waals surface area contributed by atoms with Crippen LogP contribution in [0.5, 0.6) is 0 Å². The van der Waals surface area contributed by atoms with Crippen molar-refractivity contribution in [2.24, 2.45) is 5.92 Å². The molecule has 6 nitrogen and oxygen atoms in total. The molecule has 2 aliphatic rings. The molecule has 2 aliphatic heterocycles. The number of rotatable bonds is 4. The first-order valence-electron chi connectivity index (χ1n) is 8.98. The molecule has 1 aromatic rings. The monoisotopic (exact) mass is 332 g/mol. The fourth-order valence-corrected chi connectivity index (χ4v) is 3.71. The Hall–Kier alpha value is -1.66. The van der Waals surface area contributed by atoms with Gasteiger partial charge in [-0.15, -0.1) is 0 Å². The molecule has 24 heavy (non-hydrogen) atoms. The molecule has 2 unspecified atom stereocenters. The molecule has 0 radical (unpaired) electrons. The van der Waals surface area contributed by atoms with Gasteiger partial charge < -0.3 is 14.9 Å². The van der Waals surface area contributed by atoms with Crippen molar-refractivity contribution >= 4 is 11.7 Å². The summed E-state index contributed by atoms with van der Waals surface area (Å²) in [4.78, 5) is 23.8. The molecule has 0 bridgehead atoms. The van der Waals surface area contributed by atoms with Crippen LogP contribution in [-0.2, 0) is 4.79 Å². The van der Waals surface area contributed by atoms with E-state index in [2.05, 4.69) is 14.8 Å². The molecule has 0 aliphatic carbocycles. The van der Waals surface area contributed by atoms with Crippen LogP contribution in [0.25, 0.3) is 0 Å². The van der Waals surface area contributed by atoms with E-state index in [1.807, 2.05) is 36.2 Å². The first-order chi connectivity index (χ1) is 11.6. The van der Waals surface area contributed by atoms with Crippen molar-refractivity contribution in [1.82, 2.24) is 14.8 Å². The topological polar surface area (TPSA) is 59.9 Å². The number of hydrogen-bond donors (Lipinski definition) is 1. The Balaban J connectivity index is 1.54. The van der Waals surface area contributed by atoms with Gasteiger partial charge in [0.25, 0.3) is 0 Å². The van der Waals surface area contributed by atoms with Crippen molar-refractivity contribution in [3.05, 3.63) is 24.4 Å². The fraction of sp³-hybridized carbons (Fsp3) is 0.667. The fourth-order valence-electron chi connectivity index (χ4n) is 3.71. The highest BCUT2D eigenvalue weighted by molar-refractivity contribution is 5.80. The Morgan fingerprint density at radius 1 is 1.29 bits per heavy atom. The highest BCUT2D eigenvalue weighted by atomic mass is 16.3. The predicted octanol–water partition coefficient (Wildman–Crippen LogP) is 0.823. The number of piperidine rings is 1. The number of aliphatic hydroxyl groups excluding tert-OH is 1. The van der Waals surface area contributed by atoms with Crippen LogP contribution >= 0.6 is 0 Å². The van der Waals surface area contributed by atoms with E-state index in [-0.39, 0.29) is 17.9 Å². The molecule has 2 saturated heterocycles. The van der Waals surface area contributed by atoms with E-state index in [4.69, 9.17) is 0 Å². The Morgan fingerprint density at radius 3 is 2.75 bits per heavy atom. The summed E-state index contributed by atoms with van der Waals surface area (Å²) < 4.78 is 0. The number of aliphatic hydroxyl groups is 1. The molecule has 0 saturated carbocycles. The second-order valence-corrected chi connectivity index (χ2v) is 6.95. The maximum atomic E-state index is 12.9. The van der Waals surface area contributed by atoms with Gasteiger partial charge in [0.2, 0.25) is 5.91 Å². The molecule has 2 fully saturated rings. The molecule has 6 heteroatoms. The van der Waals surface area contributed by atoms with Gasteiger partial charge >= 0.3 is 0 Å². The van der Waals surface area contributed by atoms with E-state index in [1.165, 1.54) is 0 Å². The van der Waals surface area contributed by atoms with Gasteiger partial charge in [-0.1, -0.05) is 6.07 Å². The summed E-state index contributed by atoms with van der Waals surface area (Å²) in [6, 6.07) is 5.93. The lowest BCUT2D eigenvalue weighted by Crippen LogP contribution is -2.53. The van der Waals surface area contributed by atoms with Gasteiger partial charge in [-0.3, -0.25) is 9.69 Å². The van der Waals surface area contributed by atoms with Gasteiger partial charge in [-0.05, 0) is 31.9 Å². The number of amides is 1. The first kappa shape index (κ1) is 17.2. The summed E-state index contributed by atoms with van der Waals surface area (Å²) in [5.74, 6) is 1.33. The van der Waals surface area contributed by atoms with Gasteiger partial charge in [0, 0.05) is 52.0 Å². The third kappa shape index (κ3) is 4.24. The molecule has 3 heterocycles. The number of pyridine rings is 1. The third-order valence-corrected chi connectivity index (χ3v) is 4.95. The number of piperazine rings is 1. The second kappa shape index (κ2) is 7.94. The van der Waals surface area contributed by atoms with Gasteiger partial charge in [-0.2, -0.15) is 0 Å². The maximum Gasteiger partial charge on any atom is 0.227 e. The summed E-state index contributed by atoms with van der Waals surface area (Å²) in [6.07, 6.45) is 3.50. The van der Waals surface area contributed by atoms with Crippen molar-refractivity contribution in [2.45, 2.75) is 25.9 Å². The number of carbonyl (C=O) groups excluding carboxylic acids is 1. The molecule has 132 valence electrons. The molecular weight excluding hydrogens is 304 g/mol. The minimum atomic E-state index is -0.308. The van der Waals surface area contributed by atoms with E-state index in [0.29, 0.717) is 6.54 Å². The van der Waals surface area contributed by atoms with Crippen molar-refractivity contribution < 1.29 is 9.90 Å². The van der Waals surface area contributed by atoms with Crippen LogP contribution in [0.1, 0.15) is 19.8 Å². The van der Waals surface area contributed by atoms with E-state index in [1.54, 1.807) is 0 Å². The van der Waals surface area contributed by atoms with Crippen LogP contribution in [-0.4, -0.2) is 77.7 Å². The summed E-state index contributed by atoms with van der Waals surface area (Å²) in [6.45, 7) is 7.50. The molecule has 0 aromatic carbocycles. The Labute approximate surface area is 144 Å². The van der Waals surface area contributed by atoms with Gasteiger partial charge in [0.15, 0.2) is 0 Å². The standard InChI is InChI=1S/C18H28N4O2/c1-15(23)13-20-9-11-21(12-10-20)18(24)16-5-4-8-22(14-16)17-6-2-3-7-19-17/h2-3,6-7,15-16,23H,4-5,8-14H2,1H3. The minimum absolute atomic E-state index is 0.0732. The van der Waals surface area contributed by atoms with Crippen molar-refractivity contribution in [1.29, 1.82) is 0 Å². The summed E-state index contributed by atoms with van der Waals surface area (Å²) in [7, 11) is 0. The number of hydrogen-bond acceptors (Lipinski definition) is 5. The zero-order valence-electron chi connectivity index (χ0n) is 14.5. The van der Waals surface area contributed by atoms with E-state index >= 15 is 0 Å². The Morgan fingerprint density at radius 2 is 2.08 bits per heavy atom. The zero-order chi connectivity index (χ0) is 16.9. The average molecular weight is 332 g/mol. The number of nitrogens with zero attached hydrogens (tertiary/aromatic N) is 4. The van der Waals surface area contributed by atoms with Gasteiger partial charge in [-0.25, -0.2) is 4.98 Å². The largest absolute Gasteiger partial charge is 0.392 e. The quantitative estimate of drug-likeness (QED) is 0.885. The molecular formula is C18H28N4O2.